The first kappa shape index (κ1) is 34.5. The highest BCUT2D eigenvalue weighted by molar-refractivity contribution is 7.58. The van der Waals surface area contributed by atoms with Crippen molar-refractivity contribution in [2.45, 2.75) is 52.0 Å². The van der Waals surface area contributed by atoms with Gasteiger partial charge in [-0.25, -0.2) is 4.79 Å². The molecule has 0 radical (unpaired) electrons. The standard InChI is InChI=1S/C34H44N3O6P/c1-26(2)24-31(33(39)36-29-16-8-4-9-17-29)37-32(38)28(21-20-27-14-6-3-7-15-27)25-44(41,42)23-13-12-22-35-34(40)43-30-18-10-5-11-19-30/h3-11,14-19,26,28,31H,12-13,20-25H2,1-2H3,(H,35,40)(H,36,39)(H,37,38)(H,41,42)/t28-,31+/m1/s1. The predicted octanol–water partition coefficient (Wildman–Crippen LogP) is 6.24. The van der Waals surface area contributed by atoms with E-state index in [-0.39, 0.29) is 30.7 Å². The number of ether oxygens (including phenoxy) is 1. The molecule has 0 fully saturated rings. The number of carbonyl (C=O) groups is 3. The lowest BCUT2D eigenvalue weighted by Gasteiger charge is -2.25. The molecule has 0 saturated heterocycles. The third-order valence-electron chi connectivity index (χ3n) is 7.04. The maximum atomic E-state index is 13.6. The lowest BCUT2D eigenvalue weighted by Crippen LogP contribution is -2.47. The number of benzene rings is 3. The van der Waals surface area contributed by atoms with E-state index in [0.29, 0.717) is 43.5 Å². The molecule has 0 aromatic heterocycles. The Morgan fingerprint density at radius 2 is 1.45 bits per heavy atom. The minimum absolute atomic E-state index is 0.0153. The molecule has 0 bridgehead atoms. The average molecular weight is 622 g/mol. The monoisotopic (exact) mass is 621 g/mol. The van der Waals surface area contributed by atoms with Crippen LogP contribution in [0, 0.1) is 11.8 Å². The number of hydrogen-bond acceptors (Lipinski definition) is 5. The smallest absolute Gasteiger partial charge is 0.410 e. The highest BCUT2D eigenvalue weighted by Crippen LogP contribution is 2.44. The molecule has 10 heteroatoms. The van der Waals surface area contributed by atoms with Crippen molar-refractivity contribution < 1.29 is 28.6 Å². The zero-order valence-electron chi connectivity index (χ0n) is 25.5. The van der Waals surface area contributed by atoms with Crippen LogP contribution in [0.25, 0.3) is 0 Å². The Balaban J connectivity index is 1.58. The zero-order valence-corrected chi connectivity index (χ0v) is 26.4. The number of carbonyl (C=O) groups excluding carboxylic acids is 3. The number of anilines is 1. The molecule has 3 atom stereocenters. The minimum Gasteiger partial charge on any atom is -0.410 e. The normalized spacial score (nSPS) is 13.7. The number of nitrogens with one attached hydrogen (secondary N) is 3. The number of para-hydroxylation sites is 2. The van der Waals surface area contributed by atoms with Gasteiger partial charge in [0.05, 0.1) is 0 Å². The molecule has 0 aliphatic rings. The van der Waals surface area contributed by atoms with Gasteiger partial charge in [-0.2, -0.15) is 0 Å². The Labute approximate surface area is 260 Å². The van der Waals surface area contributed by atoms with Crippen LogP contribution in [-0.4, -0.2) is 47.7 Å². The molecule has 44 heavy (non-hydrogen) atoms. The molecule has 0 saturated carbocycles. The molecular weight excluding hydrogens is 577 g/mol. The van der Waals surface area contributed by atoms with Gasteiger partial charge in [0.2, 0.25) is 19.2 Å². The summed E-state index contributed by atoms with van der Waals surface area (Å²) in [5, 5.41) is 8.40. The summed E-state index contributed by atoms with van der Waals surface area (Å²) in [6.07, 6.45) is 1.44. The number of hydrogen-bond donors (Lipinski definition) is 4. The summed E-state index contributed by atoms with van der Waals surface area (Å²) in [7, 11) is -3.70. The number of amides is 3. The van der Waals surface area contributed by atoms with Crippen LogP contribution in [0.15, 0.2) is 91.0 Å². The Bertz CT molecular complexity index is 1360. The van der Waals surface area contributed by atoms with Gasteiger partial charge in [-0.15, -0.1) is 0 Å². The maximum absolute atomic E-state index is 13.6. The quantitative estimate of drug-likeness (QED) is 0.104. The van der Waals surface area contributed by atoms with Crippen molar-refractivity contribution in [2.24, 2.45) is 11.8 Å². The minimum atomic E-state index is -3.70. The molecule has 9 nitrogen and oxygen atoms in total. The highest BCUT2D eigenvalue weighted by atomic mass is 31.2. The summed E-state index contributed by atoms with van der Waals surface area (Å²) in [5.41, 5.74) is 1.65. The van der Waals surface area contributed by atoms with E-state index in [1.807, 2.05) is 68.4 Å². The van der Waals surface area contributed by atoms with Crippen LogP contribution < -0.4 is 20.7 Å². The first-order valence-electron chi connectivity index (χ1n) is 15.1. The topological polar surface area (TPSA) is 134 Å². The summed E-state index contributed by atoms with van der Waals surface area (Å²) >= 11 is 0. The molecule has 0 aliphatic carbocycles. The van der Waals surface area contributed by atoms with E-state index < -0.39 is 31.3 Å². The first-order valence-corrected chi connectivity index (χ1v) is 17.2. The lowest BCUT2D eigenvalue weighted by molar-refractivity contribution is -0.129. The van der Waals surface area contributed by atoms with Gasteiger partial charge in [0.15, 0.2) is 0 Å². The fraction of sp³-hybridized carbons (Fsp3) is 0.382. The van der Waals surface area contributed by atoms with Gasteiger partial charge in [0.1, 0.15) is 11.8 Å². The van der Waals surface area contributed by atoms with Crippen molar-refractivity contribution in [2.75, 3.05) is 24.2 Å². The van der Waals surface area contributed by atoms with Crippen molar-refractivity contribution in [3.63, 3.8) is 0 Å². The Morgan fingerprint density at radius 1 is 0.841 bits per heavy atom. The zero-order chi connectivity index (χ0) is 31.8. The molecule has 0 spiro atoms. The van der Waals surface area contributed by atoms with Crippen LogP contribution in [0.4, 0.5) is 10.5 Å². The molecular formula is C34H44N3O6P. The molecule has 3 rings (SSSR count). The molecule has 4 N–H and O–H groups in total. The predicted molar refractivity (Wildman–Crippen MR) is 174 cm³/mol. The number of rotatable bonds is 17. The van der Waals surface area contributed by atoms with Crippen LogP contribution in [-0.2, 0) is 20.6 Å². The Morgan fingerprint density at radius 3 is 2.09 bits per heavy atom. The lowest BCUT2D eigenvalue weighted by atomic mass is 9.98. The van der Waals surface area contributed by atoms with Crippen LogP contribution >= 0.6 is 7.37 Å². The van der Waals surface area contributed by atoms with Gasteiger partial charge in [0.25, 0.3) is 0 Å². The molecule has 0 aliphatic heterocycles. The van der Waals surface area contributed by atoms with Crippen LogP contribution in [0.1, 0.15) is 45.1 Å². The maximum Gasteiger partial charge on any atom is 0.412 e. The van der Waals surface area contributed by atoms with Gasteiger partial charge in [-0.05, 0) is 67.9 Å². The fourth-order valence-corrected chi connectivity index (χ4v) is 6.71. The van der Waals surface area contributed by atoms with E-state index in [9.17, 15) is 23.8 Å². The summed E-state index contributed by atoms with van der Waals surface area (Å²) in [5.74, 6) is -0.936. The van der Waals surface area contributed by atoms with E-state index in [1.165, 1.54) is 0 Å². The molecule has 3 aromatic rings. The second-order valence-corrected chi connectivity index (χ2v) is 13.9. The van der Waals surface area contributed by atoms with Gasteiger partial charge in [-0.1, -0.05) is 80.6 Å². The third kappa shape index (κ3) is 13.1. The van der Waals surface area contributed by atoms with Gasteiger partial charge in [0, 0.05) is 30.5 Å². The van der Waals surface area contributed by atoms with Crippen molar-refractivity contribution in [3.05, 3.63) is 96.6 Å². The van der Waals surface area contributed by atoms with Crippen molar-refractivity contribution in [1.29, 1.82) is 0 Å². The summed E-state index contributed by atoms with van der Waals surface area (Å²) in [4.78, 5) is 49.6. The van der Waals surface area contributed by atoms with E-state index >= 15 is 0 Å². The largest absolute Gasteiger partial charge is 0.412 e. The molecule has 3 aromatic carbocycles. The van der Waals surface area contributed by atoms with Gasteiger partial charge in [-0.3, -0.25) is 14.2 Å². The summed E-state index contributed by atoms with van der Waals surface area (Å²) in [6, 6.07) is 26.6. The Kier molecular flexibility index (Phi) is 14.1. The second-order valence-electron chi connectivity index (χ2n) is 11.4. The third-order valence-corrected chi connectivity index (χ3v) is 9.07. The van der Waals surface area contributed by atoms with Gasteiger partial charge < -0.3 is 25.6 Å². The Hall–Kier alpha value is -3.94. The van der Waals surface area contributed by atoms with Gasteiger partial charge >= 0.3 is 6.09 Å². The van der Waals surface area contributed by atoms with E-state index in [0.717, 1.165) is 5.56 Å². The van der Waals surface area contributed by atoms with Crippen molar-refractivity contribution >= 4 is 31.0 Å². The average Bonchev–Trinajstić information content (AvgIpc) is 3.00. The molecule has 1 unspecified atom stereocenters. The van der Waals surface area contributed by atoms with Crippen LogP contribution in [0.3, 0.4) is 0 Å². The first-order chi connectivity index (χ1) is 21.1. The highest BCUT2D eigenvalue weighted by Gasteiger charge is 2.31. The van der Waals surface area contributed by atoms with Crippen molar-refractivity contribution in [3.8, 4) is 5.75 Å². The van der Waals surface area contributed by atoms with Crippen LogP contribution in [0.2, 0.25) is 0 Å². The number of aryl methyl sites for hydroxylation is 1. The second kappa shape index (κ2) is 18.0. The van der Waals surface area contributed by atoms with Crippen molar-refractivity contribution in [1.82, 2.24) is 10.6 Å². The van der Waals surface area contributed by atoms with E-state index in [4.69, 9.17) is 4.74 Å². The van der Waals surface area contributed by atoms with Crippen LogP contribution in [0.5, 0.6) is 5.75 Å². The fourth-order valence-electron chi connectivity index (χ4n) is 4.78. The summed E-state index contributed by atoms with van der Waals surface area (Å²) < 4.78 is 18.5. The number of unbranched alkanes of at least 4 members (excludes halogenated alkanes) is 1. The summed E-state index contributed by atoms with van der Waals surface area (Å²) in [6.45, 7) is 4.23. The molecule has 236 valence electrons. The van der Waals surface area contributed by atoms with E-state index in [2.05, 4.69) is 16.0 Å². The molecule has 3 amide bonds. The molecule has 0 heterocycles. The van der Waals surface area contributed by atoms with E-state index in [1.54, 1.807) is 36.4 Å². The SMILES string of the molecule is CC(C)C[C@H](NC(=O)[C@H](CCc1ccccc1)CP(=O)(O)CCCCNC(=O)Oc1ccccc1)C(=O)Nc1ccccc1.